The van der Waals surface area contributed by atoms with E-state index in [1.165, 1.54) is 44.8 Å². The Hall–Kier alpha value is -2.12. The first-order chi connectivity index (χ1) is 19.8. The third-order valence-corrected chi connectivity index (χ3v) is 8.91. The van der Waals surface area contributed by atoms with E-state index in [4.69, 9.17) is 18.9 Å². The van der Waals surface area contributed by atoms with Gasteiger partial charge in [-0.3, -0.25) is 0 Å². The second-order valence-electron chi connectivity index (χ2n) is 13.2. The average Bonchev–Trinajstić information content (AvgIpc) is 3.73. The molecule has 0 amide bonds. The summed E-state index contributed by atoms with van der Waals surface area (Å²) in [5.41, 5.74) is 11.5. The molecule has 2 aromatic rings. The van der Waals surface area contributed by atoms with Crippen molar-refractivity contribution in [2.75, 3.05) is 62.4 Å². The number of aryl methyl sites for hydroxylation is 2. The molecule has 4 heterocycles. The quantitative estimate of drug-likeness (QED) is 0.239. The molecule has 0 radical (unpaired) electrons. The van der Waals surface area contributed by atoms with Gasteiger partial charge in [-0.25, -0.2) is 0 Å². The van der Waals surface area contributed by atoms with Gasteiger partial charge in [0.05, 0.1) is 50.8 Å². The van der Waals surface area contributed by atoms with E-state index in [9.17, 15) is 0 Å². The minimum atomic E-state index is 0.357. The Morgan fingerprint density at radius 3 is 1.15 bits per heavy atom. The molecular weight excluding hydrogens is 512 g/mol. The van der Waals surface area contributed by atoms with E-state index in [-0.39, 0.29) is 0 Å². The number of rotatable bonds is 16. The zero-order valence-electron chi connectivity index (χ0n) is 26.1. The summed E-state index contributed by atoms with van der Waals surface area (Å²) >= 11 is 0. The minimum Gasteiger partial charge on any atom is -0.371 e. The number of epoxide rings is 4. The van der Waals surface area contributed by atoms with Crippen molar-refractivity contribution < 1.29 is 18.9 Å². The van der Waals surface area contributed by atoms with E-state index in [2.05, 4.69) is 75.6 Å². The maximum absolute atomic E-state index is 5.67. The van der Waals surface area contributed by atoms with Gasteiger partial charge in [0.2, 0.25) is 0 Å². The normalized spacial score (nSPS) is 24.2. The zero-order valence-corrected chi connectivity index (χ0v) is 26.1. The van der Waals surface area contributed by atoms with E-state index in [1.54, 1.807) is 0 Å². The molecule has 0 aliphatic carbocycles. The third kappa shape index (κ3) is 7.27. The van der Waals surface area contributed by atoms with E-state index in [1.807, 2.05) is 0 Å². The van der Waals surface area contributed by atoms with Crippen molar-refractivity contribution in [1.29, 1.82) is 0 Å². The van der Waals surface area contributed by atoms with Crippen LogP contribution in [0.2, 0.25) is 0 Å². The second kappa shape index (κ2) is 12.2. The van der Waals surface area contributed by atoms with Gasteiger partial charge >= 0.3 is 0 Å². The van der Waals surface area contributed by atoms with Gasteiger partial charge in [-0.1, -0.05) is 65.8 Å². The minimum absolute atomic E-state index is 0.357. The van der Waals surface area contributed by atoms with Crippen LogP contribution >= 0.6 is 0 Å². The standard InChI is InChI=1S/C35H50N2O4/c1-7-26-10-24(12-32(22(3)4)34(26)36(14-28-18-38-28)15-29-19-39-29)9-25-11-27(8-2)35(33(13-25)23(5)6)37(16-30-20-40-30)17-31-21-41-31/h10-13,22-23,28-31H,7-9,14-21H2,1-6H3. The molecular formula is C35H50N2O4. The van der Waals surface area contributed by atoms with Gasteiger partial charge < -0.3 is 28.7 Å². The first-order valence-electron chi connectivity index (χ1n) is 16.1. The van der Waals surface area contributed by atoms with Gasteiger partial charge in [-0.05, 0) is 64.5 Å². The maximum atomic E-state index is 5.67. The number of benzene rings is 2. The SMILES string of the molecule is CCc1cc(Cc2cc(CC)c(N(CC3CO3)CC3CO3)c(C(C)C)c2)cc(C(C)C)c1N(CC1CO1)CC1CO1. The monoisotopic (exact) mass is 562 g/mol. The molecule has 2 aromatic carbocycles. The first-order valence-corrected chi connectivity index (χ1v) is 16.1. The molecule has 224 valence electrons. The predicted molar refractivity (Wildman–Crippen MR) is 166 cm³/mol. The van der Waals surface area contributed by atoms with E-state index < -0.39 is 0 Å². The van der Waals surface area contributed by atoms with Gasteiger partial charge in [-0.15, -0.1) is 0 Å². The van der Waals surface area contributed by atoms with Crippen molar-refractivity contribution in [1.82, 2.24) is 0 Å². The van der Waals surface area contributed by atoms with Crippen LogP contribution in [0.15, 0.2) is 24.3 Å². The Bertz CT molecular complexity index is 1090. The number of ether oxygens (including phenoxy) is 4. The lowest BCUT2D eigenvalue weighted by Crippen LogP contribution is -2.33. The smallest absolute Gasteiger partial charge is 0.0984 e. The summed E-state index contributed by atoms with van der Waals surface area (Å²) < 4.78 is 22.7. The summed E-state index contributed by atoms with van der Waals surface area (Å²) in [6.45, 7) is 21.3. The Balaban J connectivity index is 1.34. The van der Waals surface area contributed by atoms with Crippen molar-refractivity contribution in [2.24, 2.45) is 0 Å². The Labute approximate surface area is 247 Å². The van der Waals surface area contributed by atoms with Crippen molar-refractivity contribution in [3.05, 3.63) is 57.6 Å². The lowest BCUT2D eigenvalue weighted by molar-refractivity contribution is 0.388. The highest BCUT2D eigenvalue weighted by Crippen LogP contribution is 2.38. The summed E-state index contributed by atoms with van der Waals surface area (Å²) in [6, 6.07) is 9.93. The molecule has 0 aromatic heterocycles. The van der Waals surface area contributed by atoms with Gasteiger partial charge in [0.1, 0.15) is 0 Å². The molecule has 6 rings (SSSR count). The first kappa shape index (κ1) is 29.0. The Kier molecular flexibility index (Phi) is 8.65. The van der Waals surface area contributed by atoms with Crippen LogP contribution in [0.25, 0.3) is 0 Å². The van der Waals surface area contributed by atoms with Crippen LogP contribution in [0.5, 0.6) is 0 Å². The fourth-order valence-electron chi connectivity index (χ4n) is 6.40. The summed E-state index contributed by atoms with van der Waals surface area (Å²) in [6.07, 6.45) is 4.43. The molecule has 4 saturated heterocycles. The number of hydrogen-bond acceptors (Lipinski definition) is 6. The van der Waals surface area contributed by atoms with Gasteiger partial charge in [0.25, 0.3) is 0 Å². The van der Waals surface area contributed by atoms with Crippen LogP contribution in [0.3, 0.4) is 0 Å². The number of anilines is 2. The van der Waals surface area contributed by atoms with E-state index in [0.717, 1.165) is 71.9 Å². The molecule has 4 aliphatic rings. The largest absolute Gasteiger partial charge is 0.371 e. The topological polar surface area (TPSA) is 56.6 Å². The molecule has 4 atom stereocenters. The van der Waals surface area contributed by atoms with Crippen molar-refractivity contribution in [3.8, 4) is 0 Å². The van der Waals surface area contributed by atoms with Gasteiger partial charge in [0.15, 0.2) is 0 Å². The summed E-state index contributed by atoms with van der Waals surface area (Å²) in [4.78, 5) is 5.13. The highest BCUT2D eigenvalue weighted by atomic mass is 16.6. The van der Waals surface area contributed by atoms with Crippen molar-refractivity contribution in [3.63, 3.8) is 0 Å². The maximum Gasteiger partial charge on any atom is 0.0984 e. The number of hydrogen-bond donors (Lipinski definition) is 0. The van der Waals surface area contributed by atoms with Crippen LogP contribution < -0.4 is 9.80 Å². The van der Waals surface area contributed by atoms with E-state index >= 15 is 0 Å². The molecule has 41 heavy (non-hydrogen) atoms. The predicted octanol–water partition coefficient (Wildman–Crippen LogP) is 5.86. The summed E-state index contributed by atoms with van der Waals surface area (Å²) in [5, 5.41) is 0. The molecule has 4 aliphatic heterocycles. The molecule has 4 unspecified atom stereocenters. The average molecular weight is 563 g/mol. The molecule has 0 spiro atoms. The fourth-order valence-corrected chi connectivity index (χ4v) is 6.40. The number of nitrogens with zero attached hydrogens (tertiary/aromatic N) is 2. The molecule has 0 saturated carbocycles. The van der Waals surface area contributed by atoms with Crippen LogP contribution in [0.1, 0.15) is 86.8 Å². The fraction of sp³-hybridized carbons (Fsp3) is 0.657. The van der Waals surface area contributed by atoms with Crippen LogP contribution in [0.4, 0.5) is 11.4 Å². The second-order valence-corrected chi connectivity index (χ2v) is 13.2. The lowest BCUT2D eigenvalue weighted by Gasteiger charge is -2.31. The molecule has 4 fully saturated rings. The summed E-state index contributed by atoms with van der Waals surface area (Å²) in [5.74, 6) is 0.890. The Morgan fingerprint density at radius 2 is 0.902 bits per heavy atom. The van der Waals surface area contributed by atoms with Crippen LogP contribution in [-0.4, -0.2) is 77.0 Å². The van der Waals surface area contributed by atoms with Gasteiger partial charge in [-0.2, -0.15) is 0 Å². The molecule has 0 bridgehead atoms. The highest BCUT2D eigenvalue weighted by molar-refractivity contribution is 5.65. The van der Waals surface area contributed by atoms with Crippen LogP contribution in [0, 0.1) is 0 Å². The zero-order chi connectivity index (χ0) is 28.7. The highest BCUT2D eigenvalue weighted by Gasteiger charge is 2.34. The summed E-state index contributed by atoms with van der Waals surface area (Å²) in [7, 11) is 0. The van der Waals surface area contributed by atoms with Crippen LogP contribution in [-0.2, 0) is 38.2 Å². The molecule has 0 N–H and O–H groups in total. The van der Waals surface area contributed by atoms with Crippen molar-refractivity contribution >= 4 is 11.4 Å². The Morgan fingerprint density at radius 1 is 0.585 bits per heavy atom. The third-order valence-electron chi connectivity index (χ3n) is 8.91. The molecule has 6 nitrogen and oxygen atoms in total. The molecule has 6 heteroatoms. The van der Waals surface area contributed by atoms with E-state index in [0.29, 0.717) is 36.3 Å². The van der Waals surface area contributed by atoms with Crippen molar-refractivity contribution in [2.45, 2.75) is 97.1 Å². The lowest BCUT2D eigenvalue weighted by atomic mass is 9.88. The van der Waals surface area contributed by atoms with Gasteiger partial charge in [0, 0.05) is 37.6 Å².